The number of carbonyl (C=O) groups is 1. The van der Waals surface area contributed by atoms with E-state index in [9.17, 15) is 9.90 Å². The van der Waals surface area contributed by atoms with E-state index in [-0.39, 0.29) is 19.8 Å². The molecule has 8 heteroatoms. The van der Waals surface area contributed by atoms with Crippen LogP contribution in [0.5, 0.6) is 0 Å². The molecule has 3 aromatic rings. The maximum absolute atomic E-state index is 13.6. The SMILES string of the molecule is CO[C@H]1O[C@H](CI)[C@@H](O)[C@H](OCc2ccccc2)[C@H]1N(Cc1ccccc1)C(=O)OCc1ccccc1. The van der Waals surface area contributed by atoms with Crippen LogP contribution in [0.3, 0.4) is 0 Å². The van der Waals surface area contributed by atoms with Crippen molar-refractivity contribution in [3.05, 3.63) is 108 Å². The van der Waals surface area contributed by atoms with E-state index in [2.05, 4.69) is 22.6 Å². The molecule has 1 aliphatic rings. The Morgan fingerprint density at radius 3 is 1.97 bits per heavy atom. The average Bonchev–Trinajstić information content (AvgIpc) is 2.95. The predicted molar refractivity (Wildman–Crippen MR) is 148 cm³/mol. The Bertz CT molecular complexity index is 1090. The maximum Gasteiger partial charge on any atom is 0.410 e. The van der Waals surface area contributed by atoms with Gasteiger partial charge in [-0.15, -0.1) is 0 Å². The van der Waals surface area contributed by atoms with Crippen molar-refractivity contribution < 1.29 is 28.8 Å². The van der Waals surface area contributed by atoms with E-state index >= 15 is 0 Å². The molecule has 1 fully saturated rings. The van der Waals surface area contributed by atoms with Crippen molar-refractivity contribution in [1.82, 2.24) is 4.90 Å². The van der Waals surface area contributed by atoms with E-state index in [1.165, 1.54) is 7.11 Å². The van der Waals surface area contributed by atoms with Gasteiger partial charge in [-0.25, -0.2) is 4.79 Å². The summed E-state index contributed by atoms with van der Waals surface area (Å²) in [7, 11) is 1.53. The second-order valence-corrected chi connectivity index (χ2v) is 9.71. The van der Waals surface area contributed by atoms with Crippen molar-refractivity contribution in [3.63, 3.8) is 0 Å². The Morgan fingerprint density at radius 2 is 1.43 bits per heavy atom. The van der Waals surface area contributed by atoms with Crippen molar-refractivity contribution in [2.24, 2.45) is 0 Å². The highest BCUT2D eigenvalue weighted by Gasteiger charge is 2.50. The predicted octanol–water partition coefficient (Wildman–Crippen LogP) is 4.95. The van der Waals surface area contributed by atoms with Gasteiger partial charge in [-0.2, -0.15) is 0 Å². The Hall–Kier alpha value is -2.50. The van der Waals surface area contributed by atoms with Crippen LogP contribution in [0, 0.1) is 0 Å². The Morgan fingerprint density at radius 1 is 0.892 bits per heavy atom. The number of carbonyl (C=O) groups excluding carboxylic acids is 1. The van der Waals surface area contributed by atoms with Crippen LogP contribution in [0.2, 0.25) is 0 Å². The van der Waals surface area contributed by atoms with E-state index in [0.29, 0.717) is 4.43 Å². The Kier molecular flexibility index (Phi) is 10.3. The summed E-state index contributed by atoms with van der Waals surface area (Å²) >= 11 is 2.17. The molecule has 0 saturated carbocycles. The minimum atomic E-state index is -0.975. The van der Waals surface area contributed by atoms with Crippen LogP contribution in [0.25, 0.3) is 0 Å². The second kappa shape index (κ2) is 13.9. The number of alkyl halides is 1. The summed E-state index contributed by atoms with van der Waals surface area (Å²) in [6.45, 7) is 0.613. The lowest BCUT2D eigenvalue weighted by Crippen LogP contribution is -2.65. The number of nitrogens with zero attached hydrogens (tertiary/aromatic N) is 1. The van der Waals surface area contributed by atoms with Gasteiger partial charge in [0.25, 0.3) is 0 Å². The lowest BCUT2D eigenvalue weighted by atomic mass is 9.95. The molecule has 4 rings (SSSR count). The molecule has 1 aliphatic heterocycles. The first-order valence-corrected chi connectivity index (χ1v) is 13.7. The number of hydrogen-bond acceptors (Lipinski definition) is 6. The van der Waals surface area contributed by atoms with Gasteiger partial charge in [-0.3, -0.25) is 4.90 Å². The molecule has 3 aromatic carbocycles. The van der Waals surface area contributed by atoms with Gasteiger partial charge < -0.3 is 24.1 Å². The number of hydrogen-bond donors (Lipinski definition) is 1. The maximum atomic E-state index is 13.6. The molecule has 5 atom stereocenters. The number of rotatable bonds is 10. The fourth-order valence-electron chi connectivity index (χ4n) is 4.39. The lowest BCUT2D eigenvalue weighted by Gasteiger charge is -2.47. The molecule has 1 amide bonds. The van der Waals surface area contributed by atoms with Crippen LogP contribution in [0.4, 0.5) is 4.79 Å². The zero-order valence-electron chi connectivity index (χ0n) is 20.7. The second-order valence-electron chi connectivity index (χ2n) is 8.83. The van der Waals surface area contributed by atoms with E-state index in [4.69, 9.17) is 18.9 Å². The molecule has 1 saturated heterocycles. The number of aliphatic hydroxyl groups is 1. The number of amides is 1. The molecule has 196 valence electrons. The topological polar surface area (TPSA) is 77.5 Å². The molecule has 0 spiro atoms. The zero-order chi connectivity index (χ0) is 26.0. The van der Waals surface area contributed by atoms with Crippen LogP contribution in [-0.4, -0.2) is 58.3 Å². The molecule has 1 N–H and O–H groups in total. The molecule has 0 unspecified atom stereocenters. The summed E-state index contributed by atoms with van der Waals surface area (Å²) < 4.78 is 24.5. The van der Waals surface area contributed by atoms with Crippen LogP contribution in [-0.2, 0) is 38.7 Å². The van der Waals surface area contributed by atoms with Crippen LogP contribution < -0.4 is 0 Å². The van der Waals surface area contributed by atoms with E-state index in [0.717, 1.165) is 16.7 Å². The van der Waals surface area contributed by atoms with Crippen LogP contribution >= 0.6 is 22.6 Å². The van der Waals surface area contributed by atoms with Gasteiger partial charge in [0.15, 0.2) is 6.29 Å². The molecule has 7 nitrogen and oxygen atoms in total. The standard InChI is InChI=1S/C29H32INO6/c1-34-28-25(27(26(32)24(17-30)37-28)35-19-22-13-7-3-8-14-22)31(18-21-11-5-2-6-12-21)29(33)36-20-23-15-9-4-10-16-23/h2-16,24-28,32H,17-20H2,1H3/t24-,25-,26-,27-,28+/m1/s1. The molecule has 0 aliphatic carbocycles. The largest absolute Gasteiger partial charge is 0.445 e. The first-order chi connectivity index (χ1) is 18.1. The number of methoxy groups -OCH3 is 1. The summed E-state index contributed by atoms with van der Waals surface area (Å²) in [6.07, 6.45) is -3.63. The monoisotopic (exact) mass is 617 g/mol. The van der Waals surface area contributed by atoms with E-state index in [1.807, 2.05) is 91.0 Å². The number of ether oxygens (including phenoxy) is 4. The highest BCUT2D eigenvalue weighted by Crippen LogP contribution is 2.31. The Labute approximate surface area is 231 Å². The minimum Gasteiger partial charge on any atom is -0.445 e. The van der Waals surface area contributed by atoms with E-state index < -0.39 is 36.7 Å². The van der Waals surface area contributed by atoms with Gasteiger partial charge in [0.2, 0.25) is 0 Å². The molecule has 0 aromatic heterocycles. The van der Waals surface area contributed by atoms with Gasteiger partial charge in [-0.05, 0) is 16.7 Å². The highest BCUT2D eigenvalue weighted by atomic mass is 127. The van der Waals surface area contributed by atoms with Gasteiger partial charge in [0.1, 0.15) is 24.9 Å². The fourth-order valence-corrected chi connectivity index (χ4v) is 5.12. The molecule has 1 heterocycles. The lowest BCUT2D eigenvalue weighted by molar-refractivity contribution is -0.276. The average molecular weight is 617 g/mol. The Balaban J connectivity index is 1.64. The third kappa shape index (κ3) is 7.30. The smallest absolute Gasteiger partial charge is 0.410 e. The van der Waals surface area contributed by atoms with Crippen molar-refractivity contribution in [2.75, 3.05) is 11.5 Å². The minimum absolute atomic E-state index is 0.116. The summed E-state index contributed by atoms with van der Waals surface area (Å²) in [5.41, 5.74) is 2.74. The van der Waals surface area contributed by atoms with Crippen molar-refractivity contribution in [3.8, 4) is 0 Å². The third-order valence-corrected chi connectivity index (χ3v) is 7.17. The number of aliphatic hydroxyl groups excluding tert-OH is 1. The number of halogens is 1. The van der Waals surface area contributed by atoms with E-state index in [1.54, 1.807) is 4.90 Å². The highest BCUT2D eigenvalue weighted by molar-refractivity contribution is 14.1. The van der Waals surface area contributed by atoms with Crippen LogP contribution in [0.1, 0.15) is 16.7 Å². The first kappa shape index (κ1) is 27.5. The number of benzene rings is 3. The summed E-state index contributed by atoms with van der Waals surface area (Å²) in [6, 6.07) is 28.1. The summed E-state index contributed by atoms with van der Waals surface area (Å²) in [4.78, 5) is 15.2. The van der Waals surface area contributed by atoms with Crippen molar-refractivity contribution in [2.45, 2.75) is 50.4 Å². The molecular weight excluding hydrogens is 585 g/mol. The first-order valence-electron chi connectivity index (χ1n) is 12.2. The normalized spacial score (nSPS) is 23.4. The quantitative estimate of drug-likeness (QED) is 0.257. The van der Waals surface area contributed by atoms with Crippen LogP contribution in [0.15, 0.2) is 91.0 Å². The van der Waals surface area contributed by atoms with Crippen molar-refractivity contribution >= 4 is 28.7 Å². The fraction of sp³-hybridized carbons (Fsp3) is 0.345. The zero-order valence-corrected chi connectivity index (χ0v) is 22.8. The van der Waals surface area contributed by atoms with Gasteiger partial charge in [-0.1, -0.05) is 114 Å². The summed E-state index contributed by atoms with van der Waals surface area (Å²) in [5, 5.41) is 11.3. The third-order valence-electron chi connectivity index (χ3n) is 6.31. The van der Waals surface area contributed by atoms with Gasteiger partial charge >= 0.3 is 6.09 Å². The summed E-state index contributed by atoms with van der Waals surface area (Å²) in [5.74, 6) is 0. The molecule has 37 heavy (non-hydrogen) atoms. The van der Waals surface area contributed by atoms with Gasteiger partial charge in [0, 0.05) is 18.1 Å². The van der Waals surface area contributed by atoms with Crippen molar-refractivity contribution in [1.29, 1.82) is 0 Å². The van der Waals surface area contributed by atoms with Gasteiger partial charge in [0.05, 0.1) is 12.7 Å². The molecule has 0 radical (unpaired) electrons. The molecular formula is C29H32INO6. The molecule has 0 bridgehead atoms.